The highest BCUT2D eigenvalue weighted by molar-refractivity contribution is 5.83. The van der Waals surface area contributed by atoms with Crippen LogP contribution < -0.4 is 0 Å². The van der Waals surface area contributed by atoms with E-state index in [4.69, 9.17) is 4.98 Å². The van der Waals surface area contributed by atoms with Gasteiger partial charge in [0.2, 0.25) is 0 Å². The fourth-order valence-electron chi connectivity index (χ4n) is 6.30. The average molecular weight is 612 g/mol. The first kappa shape index (κ1) is 29.1. The average Bonchev–Trinajstić information content (AvgIpc) is 3.19. The summed E-state index contributed by atoms with van der Waals surface area (Å²) in [6.45, 7) is 0. The van der Waals surface area contributed by atoms with Crippen molar-refractivity contribution in [3.8, 4) is 78.1 Å². The van der Waals surface area contributed by atoms with E-state index in [1.165, 1.54) is 55.6 Å². The number of aromatic nitrogens is 1. The molecule has 7 aromatic carbocycles. The Morgan fingerprint density at radius 3 is 0.792 bits per heavy atom. The van der Waals surface area contributed by atoms with Gasteiger partial charge in [-0.2, -0.15) is 0 Å². The second-order valence-electron chi connectivity index (χ2n) is 12.0. The van der Waals surface area contributed by atoms with E-state index in [0.29, 0.717) is 0 Å². The van der Waals surface area contributed by atoms with Crippen molar-refractivity contribution in [2.45, 2.75) is 0 Å². The number of rotatable bonds is 7. The molecule has 0 spiro atoms. The van der Waals surface area contributed by atoms with Crippen molar-refractivity contribution >= 4 is 0 Å². The van der Waals surface area contributed by atoms with Gasteiger partial charge in [-0.15, -0.1) is 0 Å². The molecule has 0 unspecified atom stereocenters. The van der Waals surface area contributed by atoms with Gasteiger partial charge in [-0.05, 0) is 86.0 Å². The third kappa shape index (κ3) is 6.23. The van der Waals surface area contributed by atoms with E-state index in [9.17, 15) is 0 Å². The zero-order chi connectivity index (χ0) is 32.1. The summed E-state index contributed by atoms with van der Waals surface area (Å²) < 4.78 is 0. The minimum Gasteiger partial charge on any atom is -0.248 e. The number of hydrogen-bond acceptors (Lipinski definition) is 1. The summed E-state index contributed by atoms with van der Waals surface area (Å²) in [6.07, 6.45) is 0. The summed E-state index contributed by atoms with van der Waals surface area (Å²) >= 11 is 0. The molecule has 0 amide bonds. The normalized spacial score (nSPS) is 10.9. The Labute approximate surface area is 282 Å². The molecular formula is C47H33N. The SMILES string of the molecule is c1ccc(-c2ccc(-c3cc(-c4ccc(-c5ccccc5)cc4)cc(-c4ccc(-c5cccc(-c6ccccc6)n5)cc4)c3)cc2)cc1. The molecular weight excluding hydrogens is 579 g/mol. The van der Waals surface area contributed by atoms with Crippen molar-refractivity contribution in [3.63, 3.8) is 0 Å². The Morgan fingerprint density at radius 1 is 0.188 bits per heavy atom. The molecule has 1 heterocycles. The molecule has 0 aliphatic heterocycles. The van der Waals surface area contributed by atoms with Crippen LogP contribution in [0.5, 0.6) is 0 Å². The van der Waals surface area contributed by atoms with Crippen molar-refractivity contribution in [1.82, 2.24) is 4.98 Å². The molecule has 0 saturated heterocycles. The molecule has 1 nitrogen and oxygen atoms in total. The van der Waals surface area contributed by atoms with E-state index >= 15 is 0 Å². The molecule has 0 fully saturated rings. The maximum atomic E-state index is 4.98. The van der Waals surface area contributed by atoms with E-state index in [0.717, 1.165) is 22.5 Å². The van der Waals surface area contributed by atoms with Crippen LogP contribution in [0, 0.1) is 0 Å². The molecule has 0 aliphatic rings. The van der Waals surface area contributed by atoms with Gasteiger partial charge in [0.05, 0.1) is 11.4 Å². The van der Waals surface area contributed by atoms with Gasteiger partial charge in [0, 0.05) is 11.1 Å². The minimum atomic E-state index is 0.967. The van der Waals surface area contributed by atoms with Gasteiger partial charge in [-0.25, -0.2) is 4.98 Å². The van der Waals surface area contributed by atoms with Crippen LogP contribution in [0.15, 0.2) is 200 Å². The van der Waals surface area contributed by atoms with Gasteiger partial charge in [-0.3, -0.25) is 0 Å². The highest BCUT2D eigenvalue weighted by Crippen LogP contribution is 2.35. The molecule has 1 aromatic heterocycles. The highest BCUT2D eigenvalue weighted by Gasteiger charge is 2.10. The highest BCUT2D eigenvalue weighted by atomic mass is 14.7. The Kier molecular flexibility index (Phi) is 8.01. The lowest BCUT2D eigenvalue weighted by Crippen LogP contribution is -1.89. The molecule has 226 valence electrons. The van der Waals surface area contributed by atoms with Crippen molar-refractivity contribution in [2.75, 3.05) is 0 Å². The largest absolute Gasteiger partial charge is 0.248 e. The van der Waals surface area contributed by atoms with Crippen LogP contribution in [0.3, 0.4) is 0 Å². The van der Waals surface area contributed by atoms with E-state index in [1.807, 2.05) is 6.07 Å². The fourth-order valence-corrected chi connectivity index (χ4v) is 6.30. The molecule has 48 heavy (non-hydrogen) atoms. The zero-order valence-corrected chi connectivity index (χ0v) is 26.5. The lowest BCUT2D eigenvalue weighted by molar-refractivity contribution is 1.32. The standard InChI is InChI=1S/C47H33N/c1-4-11-34(12-5-1)36-19-23-38(24-20-36)43-31-44(39-25-21-37(22-26-39)35-13-6-2-7-14-35)33-45(32-43)40-27-29-42(30-28-40)47-18-10-17-46(48-47)41-15-8-3-9-16-41/h1-33H. The van der Waals surface area contributed by atoms with Crippen LogP contribution in [-0.4, -0.2) is 4.98 Å². The summed E-state index contributed by atoms with van der Waals surface area (Å²) in [5.41, 5.74) is 16.2. The van der Waals surface area contributed by atoms with Gasteiger partial charge < -0.3 is 0 Å². The Hall–Kier alpha value is -6.31. The van der Waals surface area contributed by atoms with E-state index in [1.54, 1.807) is 0 Å². The predicted molar refractivity (Wildman–Crippen MR) is 202 cm³/mol. The number of nitrogens with zero attached hydrogens (tertiary/aromatic N) is 1. The minimum absolute atomic E-state index is 0.967. The Balaban J connectivity index is 1.16. The maximum Gasteiger partial charge on any atom is 0.0709 e. The third-order valence-electron chi connectivity index (χ3n) is 8.92. The van der Waals surface area contributed by atoms with Gasteiger partial charge in [0.25, 0.3) is 0 Å². The quantitative estimate of drug-likeness (QED) is 0.175. The van der Waals surface area contributed by atoms with Crippen LogP contribution in [0.1, 0.15) is 0 Å². The van der Waals surface area contributed by atoms with Crippen LogP contribution in [-0.2, 0) is 0 Å². The molecule has 8 rings (SSSR count). The topological polar surface area (TPSA) is 12.9 Å². The lowest BCUT2D eigenvalue weighted by atomic mass is 9.91. The molecule has 0 radical (unpaired) electrons. The molecule has 8 aromatic rings. The first-order valence-electron chi connectivity index (χ1n) is 16.4. The molecule has 0 bridgehead atoms. The molecule has 0 N–H and O–H groups in total. The summed E-state index contributed by atoms with van der Waals surface area (Å²) in [7, 11) is 0. The Morgan fingerprint density at radius 2 is 0.438 bits per heavy atom. The van der Waals surface area contributed by atoms with Gasteiger partial charge >= 0.3 is 0 Å². The van der Waals surface area contributed by atoms with Crippen molar-refractivity contribution in [2.24, 2.45) is 0 Å². The molecule has 1 heteroatoms. The van der Waals surface area contributed by atoms with Crippen molar-refractivity contribution in [3.05, 3.63) is 200 Å². The summed E-state index contributed by atoms with van der Waals surface area (Å²) in [5.74, 6) is 0. The maximum absolute atomic E-state index is 4.98. The van der Waals surface area contributed by atoms with Crippen LogP contribution in [0.4, 0.5) is 0 Å². The van der Waals surface area contributed by atoms with Crippen molar-refractivity contribution < 1.29 is 0 Å². The molecule has 0 saturated carbocycles. The number of pyridine rings is 1. The number of hydrogen-bond donors (Lipinski definition) is 0. The fraction of sp³-hybridized carbons (Fsp3) is 0. The molecule has 0 atom stereocenters. The van der Waals surface area contributed by atoms with Crippen LogP contribution in [0.25, 0.3) is 78.1 Å². The van der Waals surface area contributed by atoms with Crippen molar-refractivity contribution in [1.29, 1.82) is 0 Å². The van der Waals surface area contributed by atoms with E-state index in [2.05, 4.69) is 194 Å². The smallest absolute Gasteiger partial charge is 0.0709 e. The van der Waals surface area contributed by atoms with E-state index < -0.39 is 0 Å². The lowest BCUT2D eigenvalue weighted by Gasteiger charge is -2.13. The summed E-state index contributed by atoms with van der Waals surface area (Å²) in [5, 5.41) is 0. The van der Waals surface area contributed by atoms with Crippen LogP contribution >= 0.6 is 0 Å². The predicted octanol–water partition coefficient (Wildman–Crippen LogP) is 12.8. The first-order chi connectivity index (χ1) is 23.8. The zero-order valence-electron chi connectivity index (χ0n) is 26.5. The monoisotopic (exact) mass is 611 g/mol. The second kappa shape index (κ2) is 13.2. The second-order valence-corrected chi connectivity index (χ2v) is 12.0. The van der Waals surface area contributed by atoms with Gasteiger partial charge in [-0.1, -0.05) is 170 Å². The number of benzene rings is 7. The Bertz CT molecular complexity index is 2170. The third-order valence-corrected chi connectivity index (χ3v) is 8.92. The van der Waals surface area contributed by atoms with E-state index in [-0.39, 0.29) is 0 Å². The van der Waals surface area contributed by atoms with Gasteiger partial charge in [0.1, 0.15) is 0 Å². The van der Waals surface area contributed by atoms with Gasteiger partial charge in [0.15, 0.2) is 0 Å². The van der Waals surface area contributed by atoms with Crippen LogP contribution in [0.2, 0.25) is 0 Å². The summed E-state index contributed by atoms with van der Waals surface area (Å²) in [6, 6.07) is 71.2. The summed E-state index contributed by atoms with van der Waals surface area (Å²) in [4.78, 5) is 4.98. The molecule has 0 aliphatic carbocycles. The first-order valence-corrected chi connectivity index (χ1v) is 16.4.